The molecule has 0 aliphatic carbocycles. The molecular formula is C13H24N2O3. The van der Waals surface area contributed by atoms with Crippen LogP contribution in [0.2, 0.25) is 0 Å². The van der Waals surface area contributed by atoms with Gasteiger partial charge in [0.05, 0.1) is 13.0 Å². The quantitative estimate of drug-likeness (QED) is 0.739. The summed E-state index contributed by atoms with van der Waals surface area (Å²) in [6.45, 7) is 6.04. The number of ether oxygens (including phenoxy) is 1. The van der Waals surface area contributed by atoms with Crippen LogP contribution >= 0.6 is 0 Å². The second-order valence-corrected chi connectivity index (χ2v) is 4.76. The Morgan fingerprint density at radius 1 is 1.33 bits per heavy atom. The summed E-state index contributed by atoms with van der Waals surface area (Å²) < 4.78 is 4.80. The number of carbonyl (C=O) groups excluding carboxylic acids is 2. The first kappa shape index (κ1) is 15.0. The Hall–Kier alpha value is -1.10. The number of likely N-dealkylation sites (tertiary alicyclic amines) is 1. The molecule has 1 rings (SSSR count). The number of nitrogens with one attached hydrogen (secondary N) is 1. The highest BCUT2D eigenvalue weighted by atomic mass is 16.5. The van der Waals surface area contributed by atoms with E-state index in [1.165, 1.54) is 7.11 Å². The Labute approximate surface area is 109 Å². The summed E-state index contributed by atoms with van der Waals surface area (Å²) in [5.74, 6) is -0.313. The zero-order valence-corrected chi connectivity index (χ0v) is 11.6. The van der Waals surface area contributed by atoms with Gasteiger partial charge in [0.1, 0.15) is 0 Å². The first-order chi connectivity index (χ1) is 8.62. The second-order valence-electron chi connectivity index (χ2n) is 4.76. The van der Waals surface area contributed by atoms with Crippen molar-refractivity contribution in [1.29, 1.82) is 0 Å². The van der Waals surface area contributed by atoms with E-state index in [9.17, 15) is 9.59 Å². The smallest absolute Gasteiger partial charge is 0.310 e. The van der Waals surface area contributed by atoms with Crippen LogP contribution in [0.1, 0.15) is 33.1 Å². The lowest BCUT2D eigenvalue weighted by molar-refractivity contribution is -0.149. The van der Waals surface area contributed by atoms with Crippen molar-refractivity contribution >= 4 is 11.9 Å². The number of amides is 1. The molecule has 2 unspecified atom stereocenters. The van der Waals surface area contributed by atoms with Crippen molar-refractivity contribution in [1.82, 2.24) is 10.2 Å². The Kier molecular flexibility index (Phi) is 6.12. The van der Waals surface area contributed by atoms with Crippen LogP contribution in [-0.2, 0) is 14.3 Å². The maximum Gasteiger partial charge on any atom is 0.310 e. The van der Waals surface area contributed by atoms with E-state index in [1.54, 1.807) is 4.90 Å². The van der Waals surface area contributed by atoms with Gasteiger partial charge < -0.3 is 15.0 Å². The van der Waals surface area contributed by atoms with Gasteiger partial charge in [0.15, 0.2) is 0 Å². The van der Waals surface area contributed by atoms with E-state index < -0.39 is 0 Å². The predicted molar refractivity (Wildman–Crippen MR) is 69.1 cm³/mol. The normalized spacial score (nSPS) is 23.8. The third-order valence-electron chi connectivity index (χ3n) is 3.32. The van der Waals surface area contributed by atoms with E-state index in [0.717, 1.165) is 19.4 Å². The number of carbonyl (C=O) groups is 2. The van der Waals surface area contributed by atoms with Crippen LogP contribution in [0, 0.1) is 5.92 Å². The summed E-state index contributed by atoms with van der Waals surface area (Å²) in [4.78, 5) is 25.2. The molecule has 0 bridgehead atoms. The van der Waals surface area contributed by atoms with Crippen LogP contribution in [-0.4, -0.2) is 49.6 Å². The summed E-state index contributed by atoms with van der Waals surface area (Å²) in [7, 11) is 1.40. The van der Waals surface area contributed by atoms with Crippen LogP contribution < -0.4 is 5.32 Å². The molecule has 1 amide bonds. The van der Waals surface area contributed by atoms with Crippen molar-refractivity contribution in [2.24, 2.45) is 5.92 Å². The fraction of sp³-hybridized carbons (Fsp3) is 0.846. The monoisotopic (exact) mass is 256 g/mol. The average Bonchev–Trinajstić information content (AvgIpc) is 2.42. The van der Waals surface area contributed by atoms with Crippen molar-refractivity contribution in [2.75, 3.05) is 26.7 Å². The molecule has 5 heteroatoms. The largest absolute Gasteiger partial charge is 0.469 e. The highest BCUT2D eigenvalue weighted by Crippen LogP contribution is 2.19. The highest BCUT2D eigenvalue weighted by molar-refractivity contribution is 5.78. The van der Waals surface area contributed by atoms with E-state index >= 15 is 0 Å². The highest BCUT2D eigenvalue weighted by Gasteiger charge is 2.33. The minimum Gasteiger partial charge on any atom is -0.469 e. The number of methoxy groups -OCH3 is 1. The van der Waals surface area contributed by atoms with Gasteiger partial charge in [-0.1, -0.05) is 13.8 Å². The van der Waals surface area contributed by atoms with Crippen molar-refractivity contribution in [3.63, 3.8) is 0 Å². The molecule has 1 aliphatic rings. The standard InChI is InChI=1S/C13H24N2O3/c1-4-6-14-11-7-10(13(17)18-3)8-15(9-11)12(16)5-2/h10-11,14H,4-9H2,1-3H3. The van der Waals surface area contributed by atoms with Gasteiger partial charge in [-0.15, -0.1) is 0 Å². The third kappa shape index (κ3) is 3.98. The van der Waals surface area contributed by atoms with Gasteiger partial charge in [0.25, 0.3) is 0 Å². The fourth-order valence-electron chi connectivity index (χ4n) is 2.36. The lowest BCUT2D eigenvalue weighted by atomic mass is 9.94. The topological polar surface area (TPSA) is 58.6 Å². The molecule has 1 aliphatic heterocycles. The summed E-state index contributed by atoms with van der Waals surface area (Å²) in [5, 5.41) is 3.39. The number of hydrogen-bond donors (Lipinski definition) is 1. The second kappa shape index (κ2) is 7.36. The molecule has 0 aromatic carbocycles. The number of piperidine rings is 1. The molecule has 0 spiro atoms. The SMILES string of the molecule is CCCNC1CC(C(=O)OC)CN(C(=O)CC)C1. The average molecular weight is 256 g/mol. The molecule has 2 atom stereocenters. The van der Waals surface area contributed by atoms with E-state index in [4.69, 9.17) is 4.74 Å². The third-order valence-corrected chi connectivity index (χ3v) is 3.32. The Morgan fingerprint density at radius 2 is 2.06 bits per heavy atom. The van der Waals surface area contributed by atoms with Gasteiger partial charge >= 0.3 is 5.97 Å². The van der Waals surface area contributed by atoms with Gasteiger partial charge in [0.2, 0.25) is 5.91 Å². The molecule has 0 aromatic rings. The van der Waals surface area contributed by atoms with Crippen LogP contribution in [0.15, 0.2) is 0 Å². The molecule has 0 saturated carbocycles. The lowest BCUT2D eigenvalue weighted by Gasteiger charge is -2.37. The first-order valence-electron chi connectivity index (χ1n) is 6.71. The maximum absolute atomic E-state index is 11.8. The zero-order valence-electron chi connectivity index (χ0n) is 11.6. The molecule has 5 nitrogen and oxygen atoms in total. The number of rotatable bonds is 5. The van der Waals surface area contributed by atoms with E-state index in [2.05, 4.69) is 12.2 Å². The van der Waals surface area contributed by atoms with Crippen LogP contribution in [0.5, 0.6) is 0 Å². The molecule has 1 fully saturated rings. The molecule has 18 heavy (non-hydrogen) atoms. The summed E-state index contributed by atoms with van der Waals surface area (Å²) in [6.07, 6.45) is 2.27. The molecule has 1 saturated heterocycles. The van der Waals surface area contributed by atoms with Crippen molar-refractivity contribution in [3.8, 4) is 0 Å². The van der Waals surface area contributed by atoms with Gasteiger partial charge in [-0.05, 0) is 19.4 Å². The summed E-state index contributed by atoms with van der Waals surface area (Å²) in [6, 6.07) is 0.193. The zero-order chi connectivity index (χ0) is 13.5. The molecule has 1 N–H and O–H groups in total. The van der Waals surface area contributed by atoms with E-state index in [-0.39, 0.29) is 23.8 Å². The van der Waals surface area contributed by atoms with E-state index in [0.29, 0.717) is 19.5 Å². The molecule has 0 radical (unpaired) electrons. The number of nitrogens with zero attached hydrogens (tertiary/aromatic N) is 1. The minimum absolute atomic E-state index is 0.104. The van der Waals surface area contributed by atoms with Crippen molar-refractivity contribution in [3.05, 3.63) is 0 Å². The van der Waals surface area contributed by atoms with Crippen molar-refractivity contribution < 1.29 is 14.3 Å². The van der Waals surface area contributed by atoms with Gasteiger partial charge in [-0.3, -0.25) is 9.59 Å². The number of esters is 1. The van der Waals surface area contributed by atoms with Gasteiger partial charge in [0, 0.05) is 25.6 Å². The van der Waals surface area contributed by atoms with Crippen molar-refractivity contribution in [2.45, 2.75) is 39.2 Å². The molecule has 104 valence electrons. The summed E-state index contributed by atoms with van der Waals surface area (Å²) >= 11 is 0. The van der Waals surface area contributed by atoms with Crippen LogP contribution in [0.25, 0.3) is 0 Å². The first-order valence-corrected chi connectivity index (χ1v) is 6.71. The van der Waals surface area contributed by atoms with Gasteiger partial charge in [-0.2, -0.15) is 0 Å². The Balaban J connectivity index is 2.65. The lowest BCUT2D eigenvalue weighted by Crippen LogP contribution is -2.53. The maximum atomic E-state index is 11.8. The molecule has 0 aromatic heterocycles. The Morgan fingerprint density at radius 3 is 2.61 bits per heavy atom. The minimum atomic E-state index is -0.216. The fourth-order valence-corrected chi connectivity index (χ4v) is 2.36. The number of hydrogen-bond acceptors (Lipinski definition) is 4. The van der Waals surface area contributed by atoms with Crippen LogP contribution in [0.4, 0.5) is 0 Å². The summed E-state index contributed by atoms with van der Waals surface area (Å²) in [5.41, 5.74) is 0. The molecule has 1 heterocycles. The Bertz CT molecular complexity index is 270. The predicted octanol–water partition coefficient (Wildman–Crippen LogP) is 0.786. The van der Waals surface area contributed by atoms with E-state index in [1.807, 2.05) is 6.92 Å². The van der Waals surface area contributed by atoms with Gasteiger partial charge in [-0.25, -0.2) is 0 Å². The molecular weight excluding hydrogens is 232 g/mol. The van der Waals surface area contributed by atoms with Crippen LogP contribution in [0.3, 0.4) is 0 Å².